The summed E-state index contributed by atoms with van der Waals surface area (Å²) in [7, 11) is 6.55. The molecule has 1 aliphatic carbocycles. The summed E-state index contributed by atoms with van der Waals surface area (Å²) >= 11 is 1.30. The number of aromatic nitrogens is 1. The van der Waals surface area contributed by atoms with E-state index in [1.807, 2.05) is 24.4 Å². The van der Waals surface area contributed by atoms with Crippen molar-refractivity contribution >= 4 is 28.0 Å². The van der Waals surface area contributed by atoms with Gasteiger partial charge in [0, 0.05) is 29.3 Å². The van der Waals surface area contributed by atoms with Crippen LogP contribution in [0.5, 0.6) is 5.75 Å². The molecule has 0 radical (unpaired) electrons. The van der Waals surface area contributed by atoms with Gasteiger partial charge in [-0.15, -0.1) is 0 Å². The smallest absolute Gasteiger partial charge is 0.372 e. The molecule has 0 spiro atoms. The normalized spacial score (nSPS) is 15.1. The molecule has 5 heteroatoms. The average Bonchev–Trinajstić information content (AvgIpc) is 3.21. The first-order chi connectivity index (χ1) is 10.9. The zero-order valence-corrected chi connectivity index (χ0v) is 14.9. The summed E-state index contributed by atoms with van der Waals surface area (Å²) in [5.41, 5.74) is 2.24. The molecule has 1 saturated carbocycles. The maximum atomic E-state index is 12.1. The Morgan fingerprint density at radius 3 is 2.83 bits per heavy atom. The number of carbonyl (C=O) groups excluding carboxylic acids is 1. The van der Waals surface area contributed by atoms with Gasteiger partial charge in [-0.05, 0) is 48.2 Å². The lowest BCUT2D eigenvalue weighted by Gasteiger charge is -2.23. The van der Waals surface area contributed by atoms with Gasteiger partial charge in [0.2, 0.25) is 0 Å². The van der Waals surface area contributed by atoms with Crippen molar-refractivity contribution in [3.05, 3.63) is 30.0 Å². The number of rotatable bonds is 6. The molecule has 0 bridgehead atoms. The topological polar surface area (TPSA) is 42.1 Å². The van der Waals surface area contributed by atoms with Crippen LogP contribution in [0.4, 0.5) is 4.79 Å². The molecule has 23 heavy (non-hydrogen) atoms. The van der Waals surface area contributed by atoms with Crippen molar-refractivity contribution in [3.63, 3.8) is 0 Å². The molecule has 0 unspecified atom stereocenters. The zero-order chi connectivity index (χ0) is 16.4. The first-order valence-electron chi connectivity index (χ1n) is 8.16. The highest BCUT2D eigenvalue weighted by atomic mass is 32.2. The first-order valence-corrected chi connectivity index (χ1v) is 9.15. The molecule has 1 aromatic carbocycles. The lowest BCUT2D eigenvalue weighted by Crippen LogP contribution is -2.36. The number of aromatic amines is 1. The van der Waals surface area contributed by atoms with E-state index in [4.69, 9.17) is 4.74 Å². The van der Waals surface area contributed by atoms with Gasteiger partial charge in [-0.2, -0.15) is 0 Å². The predicted molar refractivity (Wildman–Crippen MR) is 96.1 cm³/mol. The summed E-state index contributed by atoms with van der Waals surface area (Å²) in [6, 6.07) is 5.84. The van der Waals surface area contributed by atoms with E-state index >= 15 is 0 Å². The van der Waals surface area contributed by atoms with E-state index in [1.54, 1.807) is 0 Å². The molecule has 0 atom stereocenters. The lowest BCUT2D eigenvalue weighted by atomic mass is 10.1. The third-order valence-electron chi connectivity index (χ3n) is 4.13. The summed E-state index contributed by atoms with van der Waals surface area (Å²) < 4.78 is 6.54. The van der Waals surface area contributed by atoms with Crippen molar-refractivity contribution < 1.29 is 14.0 Å². The minimum absolute atomic E-state index is 0.192. The molecule has 1 fully saturated rings. The van der Waals surface area contributed by atoms with Crippen molar-refractivity contribution in [1.82, 2.24) is 4.98 Å². The standard InChI is InChI=1S/C18H25N2O2S/c1-20(2,3)10-9-14-11-19-15-5-4-6-16(17(14)15)22-18(21)23-12-13-7-8-13/h4-6,11,13,19H,7-10,12H2,1-3H3/q+1. The Bertz CT molecular complexity index is 699. The average molecular weight is 333 g/mol. The van der Waals surface area contributed by atoms with Gasteiger partial charge in [-0.1, -0.05) is 6.07 Å². The molecule has 1 aliphatic rings. The van der Waals surface area contributed by atoms with Crippen LogP contribution in [0, 0.1) is 5.92 Å². The number of benzene rings is 1. The molecule has 2 aromatic rings. The SMILES string of the molecule is C[N+](C)(C)CCc1c[nH]c2cccc(OC(=O)SCC3CC3)c12. The van der Waals surface area contributed by atoms with Crippen LogP contribution < -0.4 is 4.74 Å². The van der Waals surface area contributed by atoms with Gasteiger partial charge in [0.25, 0.3) is 0 Å². The Morgan fingerprint density at radius 1 is 1.35 bits per heavy atom. The zero-order valence-electron chi connectivity index (χ0n) is 14.1. The summed E-state index contributed by atoms with van der Waals surface area (Å²) in [5.74, 6) is 2.28. The number of carbonyl (C=O) groups is 1. The van der Waals surface area contributed by atoms with E-state index in [-0.39, 0.29) is 5.30 Å². The van der Waals surface area contributed by atoms with Gasteiger partial charge in [0.15, 0.2) is 0 Å². The Morgan fingerprint density at radius 2 is 2.13 bits per heavy atom. The Labute approximate surface area is 141 Å². The summed E-state index contributed by atoms with van der Waals surface area (Å²) in [6.07, 6.45) is 5.49. The van der Waals surface area contributed by atoms with Gasteiger partial charge in [-0.3, -0.25) is 0 Å². The minimum atomic E-state index is -0.192. The molecule has 124 valence electrons. The molecule has 3 rings (SSSR count). The molecule has 0 amide bonds. The maximum absolute atomic E-state index is 12.1. The molecular formula is C18H25N2O2S+. The molecule has 1 aromatic heterocycles. The largest absolute Gasteiger partial charge is 0.418 e. The van der Waals surface area contributed by atoms with Crippen LogP contribution in [0.15, 0.2) is 24.4 Å². The van der Waals surface area contributed by atoms with Gasteiger partial charge >= 0.3 is 5.30 Å². The van der Waals surface area contributed by atoms with Crippen molar-refractivity contribution in [2.75, 3.05) is 33.4 Å². The third-order valence-corrected chi connectivity index (χ3v) is 5.09. The molecule has 4 nitrogen and oxygen atoms in total. The Hall–Kier alpha value is -1.46. The van der Waals surface area contributed by atoms with Gasteiger partial charge in [0.1, 0.15) is 5.75 Å². The van der Waals surface area contributed by atoms with E-state index < -0.39 is 0 Å². The van der Waals surface area contributed by atoms with Crippen LogP contribution >= 0.6 is 11.8 Å². The van der Waals surface area contributed by atoms with E-state index in [0.717, 1.165) is 40.0 Å². The van der Waals surface area contributed by atoms with Crippen molar-refractivity contribution in [1.29, 1.82) is 0 Å². The number of nitrogens with zero attached hydrogens (tertiary/aromatic N) is 1. The lowest BCUT2D eigenvalue weighted by molar-refractivity contribution is -0.870. The number of thioether (sulfide) groups is 1. The quantitative estimate of drug-likeness (QED) is 0.640. The summed E-state index contributed by atoms with van der Waals surface area (Å²) in [6.45, 7) is 1.03. The fourth-order valence-corrected chi connectivity index (χ4v) is 3.40. The van der Waals surface area contributed by atoms with E-state index in [1.165, 1.54) is 30.2 Å². The summed E-state index contributed by atoms with van der Waals surface area (Å²) in [5, 5.41) is 0.851. The highest BCUT2D eigenvalue weighted by Gasteiger charge is 2.23. The van der Waals surface area contributed by atoms with Crippen LogP contribution in [-0.2, 0) is 6.42 Å². The second kappa shape index (κ2) is 6.57. The second-order valence-electron chi connectivity index (χ2n) is 7.36. The molecule has 1 N–H and O–H groups in total. The maximum Gasteiger partial charge on any atom is 0.372 e. The Kier molecular flexibility index (Phi) is 4.69. The number of ether oxygens (including phenoxy) is 1. The number of fused-ring (bicyclic) bond motifs is 1. The number of hydrogen-bond donors (Lipinski definition) is 1. The predicted octanol–water partition coefficient (Wildman–Crippen LogP) is 4.06. The van der Waals surface area contributed by atoms with Gasteiger partial charge in [-0.25, -0.2) is 4.79 Å². The van der Waals surface area contributed by atoms with Crippen molar-refractivity contribution in [2.24, 2.45) is 5.92 Å². The van der Waals surface area contributed by atoms with Gasteiger partial charge < -0.3 is 14.2 Å². The minimum Gasteiger partial charge on any atom is -0.418 e. The van der Waals surface area contributed by atoms with E-state index in [2.05, 4.69) is 26.1 Å². The number of likely N-dealkylation sites (N-methyl/N-ethyl adjacent to an activating group) is 1. The van der Waals surface area contributed by atoms with Crippen molar-refractivity contribution in [2.45, 2.75) is 19.3 Å². The highest BCUT2D eigenvalue weighted by molar-refractivity contribution is 8.13. The fourth-order valence-electron chi connectivity index (χ4n) is 2.55. The number of nitrogens with one attached hydrogen (secondary N) is 1. The van der Waals surface area contributed by atoms with E-state index in [9.17, 15) is 4.79 Å². The number of H-pyrrole nitrogens is 1. The second-order valence-corrected chi connectivity index (χ2v) is 8.32. The molecule has 0 saturated heterocycles. The van der Waals surface area contributed by atoms with Crippen molar-refractivity contribution in [3.8, 4) is 5.75 Å². The number of quaternary nitrogens is 1. The van der Waals surface area contributed by atoms with Gasteiger partial charge in [0.05, 0.1) is 27.7 Å². The fraction of sp³-hybridized carbons (Fsp3) is 0.500. The monoisotopic (exact) mass is 333 g/mol. The van der Waals surface area contributed by atoms with Crippen LogP contribution in [0.2, 0.25) is 0 Å². The molecule has 1 heterocycles. The summed E-state index contributed by atoms with van der Waals surface area (Å²) in [4.78, 5) is 15.4. The highest BCUT2D eigenvalue weighted by Crippen LogP contribution is 2.34. The van der Waals surface area contributed by atoms with Crippen LogP contribution in [0.1, 0.15) is 18.4 Å². The Balaban J connectivity index is 1.75. The molecular weight excluding hydrogens is 308 g/mol. The van der Waals surface area contributed by atoms with Crippen LogP contribution in [-0.4, -0.2) is 48.2 Å². The first kappa shape index (κ1) is 16.4. The third kappa shape index (κ3) is 4.52. The van der Waals surface area contributed by atoms with Crippen LogP contribution in [0.25, 0.3) is 10.9 Å². The van der Waals surface area contributed by atoms with E-state index in [0.29, 0.717) is 5.75 Å². The van der Waals surface area contributed by atoms with Crippen LogP contribution in [0.3, 0.4) is 0 Å². The number of hydrogen-bond acceptors (Lipinski definition) is 3. The molecule has 0 aliphatic heterocycles.